The van der Waals surface area contributed by atoms with E-state index in [-0.39, 0.29) is 11.7 Å². The molecule has 1 aliphatic heterocycles. The summed E-state index contributed by atoms with van der Waals surface area (Å²) in [5.41, 5.74) is 3.64. The van der Waals surface area contributed by atoms with E-state index in [2.05, 4.69) is 10.3 Å². The molecule has 4 rings (SSSR count). The predicted molar refractivity (Wildman–Crippen MR) is 87.8 cm³/mol. The molecule has 1 aromatic heterocycles. The molecule has 1 aliphatic rings. The third-order valence-electron chi connectivity index (χ3n) is 3.99. The first-order valence-electron chi connectivity index (χ1n) is 7.14. The summed E-state index contributed by atoms with van der Waals surface area (Å²) < 4.78 is 18.7. The average Bonchev–Trinajstić information content (AvgIpc) is 3.08. The number of ether oxygens (including phenoxy) is 1. The van der Waals surface area contributed by atoms with Gasteiger partial charge in [-0.05, 0) is 42.5 Å². The van der Waals surface area contributed by atoms with Crippen LogP contribution in [0.2, 0.25) is 0 Å². The van der Waals surface area contributed by atoms with Gasteiger partial charge in [0.15, 0.2) is 0 Å². The molecule has 23 heavy (non-hydrogen) atoms. The molecule has 1 amide bonds. The minimum atomic E-state index is -0.310. The van der Waals surface area contributed by atoms with Crippen LogP contribution in [0.15, 0.2) is 42.6 Å². The van der Waals surface area contributed by atoms with Crippen molar-refractivity contribution in [2.75, 3.05) is 12.4 Å². The number of rotatable bonds is 2. The van der Waals surface area contributed by atoms with Crippen molar-refractivity contribution < 1.29 is 13.9 Å². The Morgan fingerprint density at radius 2 is 2.04 bits per heavy atom. The van der Waals surface area contributed by atoms with Gasteiger partial charge in [-0.3, -0.25) is 4.79 Å². The smallest absolute Gasteiger partial charge is 0.256 e. The molecule has 0 radical (unpaired) electrons. The van der Waals surface area contributed by atoms with Crippen LogP contribution in [0.25, 0.3) is 22.6 Å². The van der Waals surface area contributed by atoms with Gasteiger partial charge >= 0.3 is 0 Å². The molecular formula is C18H13FN2O2. The summed E-state index contributed by atoms with van der Waals surface area (Å²) >= 11 is 0. The highest BCUT2D eigenvalue weighted by Crippen LogP contribution is 2.36. The van der Waals surface area contributed by atoms with Crippen molar-refractivity contribution in [2.45, 2.75) is 0 Å². The molecular weight excluding hydrogens is 295 g/mol. The van der Waals surface area contributed by atoms with Gasteiger partial charge < -0.3 is 15.0 Å². The SMILES string of the molecule is COc1ccc2c(c1)/C(=C\c1c[nH]c3ccc(F)cc13)C(=O)N2. The molecule has 2 heterocycles. The molecule has 0 saturated carbocycles. The van der Waals surface area contributed by atoms with Gasteiger partial charge in [-0.25, -0.2) is 4.39 Å². The first kappa shape index (κ1) is 13.6. The fraction of sp³-hybridized carbons (Fsp3) is 0.0556. The molecule has 4 nitrogen and oxygen atoms in total. The lowest BCUT2D eigenvalue weighted by Crippen LogP contribution is -2.03. The highest BCUT2D eigenvalue weighted by atomic mass is 19.1. The van der Waals surface area contributed by atoms with E-state index in [0.717, 1.165) is 27.7 Å². The Balaban J connectivity index is 1.88. The maximum atomic E-state index is 13.5. The number of methoxy groups -OCH3 is 1. The molecule has 2 N–H and O–H groups in total. The normalized spacial score (nSPS) is 15.0. The van der Waals surface area contributed by atoms with Gasteiger partial charge in [-0.2, -0.15) is 0 Å². The van der Waals surface area contributed by atoms with E-state index in [9.17, 15) is 9.18 Å². The Bertz CT molecular complexity index is 972. The number of hydrogen-bond donors (Lipinski definition) is 2. The van der Waals surface area contributed by atoms with Crippen LogP contribution >= 0.6 is 0 Å². The van der Waals surface area contributed by atoms with E-state index >= 15 is 0 Å². The molecule has 0 spiro atoms. The fourth-order valence-corrected chi connectivity index (χ4v) is 2.83. The van der Waals surface area contributed by atoms with Gasteiger partial charge in [0.05, 0.1) is 7.11 Å². The fourth-order valence-electron chi connectivity index (χ4n) is 2.83. The van der Waals surface area contributed by atoms with Crippen LogP contribution in [-0.4, -0.2) is 18.0 Å². The van der Waals surface area contributed by atoms with Gasteiger partial charge in [0.2, 0.25) is 0 Å². The Kier molecular flexibility index (Phi) is 2.94. The van der Waals surface area contributed by atoms with Gasteiger partial charge in [-0.15, -0.1) is 0 Å². The van der Waals surface area contributed by atoms with E-state index in [1.807, 2.05) is 12.1 Å². The topological polar surface area (TPSA) is 54.1 Å². The van der Waals surface area contributed by atoms with Crippen LogP contribution in [0.5, 0.6) is 5.75 Å². The van der Waals surface area contributed by atoms with Crippen molar-refractivity contribution in [2.24, 2.45) is 0 Å². The third-order valence-corrected chi connectivity index (χ3v) is 3.99. The number of nitrogens with one attached hydrogen (secondary N) is 2. The molecule has 0 atom stereocenters. The number of anilines is 1. The Hall–Kier alpha value is -3.08. The first-order valence-corrected chi connectivity index (χ1v) is 7.14. The monoisotopic (exact) mass is 308 g/mol. The minimum Gasteiger partial charge on any atom is -0.497 e. The maximum Gasteiger partial charge on any atom is 0.256 e. The number of H-pyrrole nitrogens is 1. The molecule has 0 bridgehead atoms. The van der Waals surface area contributed by atoms with Crippen molar-refractivity contribution in [3.63, 3.8) is 0 Å². The van der Waals surface area contributed by atoms with Gasteiger partial charge in [0.25, 0.3) is 5.91 Å². The van der Waals surface area contributed by atoms with Crippen LogP contribution in [0.4, 0.5) is 10.1 Å². The molecule has 0 aliphatic carbocycles. The number of halogens is 1. The lowest BCUT2D eigenvalue weighted by atomic mass is 10.0. The maximum absolute atomic E-state index is 13.5. The van der Waals surface area contributed by atoms with E-state index < -0.39 is 0 Å². The summed E-state index contributed by atoms with van der Waals surface area (Å²) in [7, 11) is 1.58. The highest BCUT2D eigenvalue weighted by Gasteiger charge is 2.24. The lowest BCUT2D eigenvalue weighted by Gasteiger charge is -2.03. The Labute approximate surface area is 131 Å². The summed E-state index contributed by atoms with van der Waals surface area (Å²) in [5, 5.41) is 3.56. The molecule has 2 aromatic carbocycles. The molecule has 114 valence electrons. The second kappa shape index (κ2) is 4.98. The summed E-state index contributed by atoms with van der Waals surface area (Å²) in [6.45, 7) is 0. The number of amides is 1. The largest absolute Gasteiger partial charge is 0.497 e. The van der Waals surface area contributed by atoms with Crippen LogP contribution in [0, 0.1) is 5.82 Å². The lowest BCUT2D eigenvalue weighted by molar-refractivity contribution is -0.110. The number of aromatic nitrogens is 1. The number of carbonyl (C=O) groups excluding carboxylic acids is 1. The van der Waals surface area contributed by atoms with Gasteiger partial charge in [-0.1, -0.05) is 0 Å². The second-order valence-electron chi connectivity index (χ2n) is 5.36. The highest BCUT2D eigenvalue weighted by molar-refractivity contribution is 6.35. The van der Waals surface area contributed by atoms with Crippen LogP contribution in [-0.2, 0) is 4.79 Å². The van der Waals surface area contributed by atoms with E-state index in [1.54, 1.807) is 31.5 Å². The molecule has 0 fully saturated rings. The first-order chi connectivity index (χ1) is 11.2. The van der Waals surface area contributed by atoms with Crippen molar-refractivity contribution in [3.8, 4) is 5.75 Å². The number of hydrogen-bond acceptors (Lipinski definition) is 2. The van der Waals surface area contributed by atoms with E-state index in [4.69, 9.17) is 4.74 Å². The van der Waals surface area contributed by atoms with E-state index in [0.29, 0.717) is 11.3 Å². The predicted octanol–water partition coefficient (Wildman–Crippen LogP) is 3.81. The molecule has 3 aromatic rings. The van der Waals surface area contributed by atoms with Gasteiger partial charge in [0, 0.05) is 39.5 Å². The Morgan fingerprint density at radius 1 is 1.17 bits per heavy atom. The standard InChI is InChI=1S/C18H13FN2O2/c1-23-12-3-5-17-14(8-12)15(18(22)21-17)6-10-9-20-16-4-2-11(19)7-13(10)16/h2-9,20H,1H3,(H,21,22)/b15-6+. The summed E-state index contributed by atoms with van der Waals surface area (Å²) in [4.78, 5) is 15.3. The third kappa shape index (κ3) is 2.17. The minimum absolute atomic E-state index is 0.181. The number of benzene rings is 2. The van der Waals surface area contributed by atoms with Crippen molar-refractivity contribution in [1.82, 2.24) is 4.98 Å². The van der Waals surface area contributed by atoms with E-state index in [1.165, 1.54) is 12.1 Å². The number of aromatic amines is 1. The number of carbonyl (C=O) groups is 1. The quantitative estimate of drug-likeness (QED) is 0.707. The van der Waals surface area contributed by atoms with Crippen molar-refractivity contribution in [1.29, 1.82) is 0 Å². The zero-order valence-electron chi connectivity index (χ0n) is 12.3. The van der Waals surface area contributed by atoms with Crippen LogP contribution < -0.4 is 10.1 Å². The molecule has 5 heteroatoms. The van der Waals surface area contributed by atoms with Crippen molar-refractivity contribution >= 4 is 34.1 Å². The molecule has 0 saturated heterocycles. The average molecular weight is 308 g/mol. The van der Waals surface area contributed by atoms with Gasteiger partial charge in [0.1, 0.15) is 11.6 Å². The van der Waals surface area contributed by atoms with Crippen LogP contribution in [0.3, 0.4) is 0 Å². The van der Waals surface area contributed by atoms with Crippen molar-refractivity contribution in [3.05, 3.63) is 59.5 Å². The Morgan fingerprint density at radius 3 is 2.87 bits per heavy atom. The number of fused-ring (bicyclic) bond motifs is 2. The zero-order chi connectivity index (χ0) is 16.0. The zero-order valence-corrected chi connectivity index (χ0v) is 12.3. The summed E-state index contributed by atoms with van der Waals surface area (Å²) in [6.07, 6.45) is 3.53. The molecule has 0 unspecified atom stereocenters. The summed E-state index contributed by atoms with van der Waals surface area (Å²) in [6, 6.07) is 9.95. The van der Waals surface area contributed by atoms with Crippen LogP contribution in [0.1, 0.15) is 11.1 Å². The second-order valence-corrected chi connectivity index (χ2v) is 5.36. The summed E-state index contributed by atoms with van der Waals surface area (Å²) in [5.74, 6) is 0.185.